The van der Waals surface area contributed by atoms with Gasteiger partial charge in [0.15, 0.2) is 0 Å². The van der Waals surface area contributed by atoms with Crippen LogP contribution in [-0.4, -0.2) is 24.0 Å². The SMILES string of the molecule is C=CCNN1CCC(C=C)C1=O. The number of nitrogens with one attached hydrogen (secondary N) is 1. The van der Waals surface area contributed by atoms with Gasteiger partial charge in [-0.1, -0.05) is 12.2 Å². The standard InChI is InChI=1S/C9H14N2O/c1-3-6-10-11-7-5-8(4-2)9(11)12/h3-4,8,10H,1-2,5-7H2. The van der Waals surface area contributed by atoms with Crippen LogP contribution in [0.5, 0.6) is 0 Å². The molecule has 0 aromatic rings. The van der Waals surface area contributed by atoms with Gasteiger partial charge in [-0.3, -0.25) is 9.80 Å². The van der Waals surface area contributed by atoms with Gasteiger partial charge in [-0.25, -0.2) is 5.43 Å². The van der Waals surface area contributed by atoms with Crippen LogP contribution in [0.1, 0.15) is 6.42 Å². The Morgan fingerprint density at radius 1 is 1.67 bits per heavy atom. The normalized spacial score (nSPS) is 22.8. The van der Waals surface area contributed by atoms with Gasteiger partial charge in [0.25, 0.3) is 0 Å². The molecule has 1 fully saturated rings. The Morgan fingerprint density at radius 2 is 2.42 bits per heavy atom. The van der Waals surface area contributed by atoms with Crippen LogP contribution in [-0.2, 0) is 4.79 Å². The molecule has 66 valence electrons. The van der Waals surface area contributed by atoms with Crippen molar-refractivity contribution in [3.05, 3.63) is 25.3 Å². The lowest BCUT2D eigenvalue weighted by Gasteiger charge is -2.15. The number of carbonyl (C=O) groups is 1. The molecule has 1 heterocycles. The third kappa shape index (κ3) is 1.74. The van der Waals surface area contributed by atoms with E-state index in [1.807, 2.05) is 0 Å². The van der Waals surface area contributed by atoms with E-state index in [1.165, 1.54) is 0 Å². The van der Waals surface area contributed by atoms with Gasteiger partial charge in [0, 0.05) is 13.1 Å². The summed E-state index contributed by atoms with van der Waals surface area (Å²) in [6.45, 7) is 8.58. The van der Waals surface area contributed by atoms with Crippen LogP contribution in [0.25, 0.3) is 0 Å². The van der Waals surface area contributed by atoms with Crippen molar-refractivity contribution >= 4 is 5.91 Å². The van der Waals surface area contributed by atoms with Crippen molar-refractivity contribution in [3.8, 4) is 0 Å². The second kappa shape index (κ2) is 4.07. The molecule has 0 aliphatic carbocycles. The monoisotopic (exact) mass is 166 g/mol. The summed E-state index contributed by atoms with van der Waals surface area (Å²) < 4.78 is 0. The molecule has 3 nitrogen and oxygen atoms in total. The van der Waals surface area contributed by atoms with E-state index in [1.54, 1.807) is 17.2 Å². The van der Waals surface area contributed by atoms with E-state index in [9.17, 15) is 4.79 Å². The molecule has 0 aromatic carbocycles. The van der Waals surface area contributed by atoms with Crippen molar-refractivity contribution in [2.75, 3.05) is 13.1 Å². The lowest BCUT2D eigenvalue weighted by atomic mass is 10.1. The van der Waals surface area contributed by atoms with Crippen molar-refractivity contribution in [2.45, 2.75) is 6.42 Å². The Bertz CT molecular complexity index is 201. The van der Waals surface area contributed by atoms with Crippen molar-refractivity contribution in [1.29, 1.82) is 0 Å². The smallest absolute Gasteiger partial charge is 0.243 e. The summed E-state index contributed by atoms with van der Waals surface area (Å²) in [5, 5.41) is 1.63. The lowest BCUT2D eigenvalue weighted by Crippen LogP contribution is -2.39. The summed E-state index contributed by atoms with van der Waals surface area (Å²) >= 11 is 0. The Balaban J connectivity index is 2.43. The number of hydrazine groups is 1. The molecule has 3 heteroatoms. The molecule has 1 rings (SSSR count). The highest BCUT2D eigenvalue weighted by Crippen LogP contribution is 2.16. The minimum atomic E-state index is 0.00214. The Hall–Kier alpha value is -1.09. The van der Waals surface area contributed by atoms with Gasteiger partial charge in [-0.05, 0) is 6.42 Å². The van der Waals surface area contributed by atoms with E-state index < -0.39 is 0 Å². The fourth-order valence-electron chi connectivity index (χ4n) is 1.25. The van der Waals surface area contributed by atoms with Crippen molar-refractivity contribution in [2.24, 2.45) is 5.92 Å². The zero-order valence-corrected chi connectivity index (χ0v) is 7.12. The molecular formula is C9H14N2O. The molecular weight excluding hydrogens is 152 g/mol. The second-order valence-electron chi connectivity index (χ2n) is 2.77. The maximum Gasteiger partial charge on any atom is 0.243 e. The molecule has 1 N–H and O–H groups in total. The minimum absolute atomic E-state index is 0.00214. The molecule has 0 aromatic heterocycles. The summed E-state index contributed by atoms with van der Waals surface area (Å²) in [6.07, 6.45) is 4.30. The highest BCUT2D eigenvalue weighted by atomic mass is 16.2. The summed E-state index contributed by atoms with van der Waals surface area (Å²) in [5.41, 5.74) is 2.96. The number of nitrogens with zero attached hydrogens (tertiary/aromatic N) is 1. The summed E-state index contributed by atoms with van der Waals surface area (Å²) in [5.74, 6) is 0.120. The number of hydrogen-bond acceptors (Lipinski definition) is 2. The van der Waals surface area contributed by atoms with E-state index in [0.717, 1.165) is 13.0 Å². The Morgan fingerprint density at radius 3 is 2.92 bits per heavy atom. The van der Waals surface area contributed by atoms with Crippen LogP contribution >= 0.6 is 0 Å². The fraction of sp³-hybridized carbons (Fsp3) is 0.444. The van der Waals surface area contributed by atoms with Gasteiger partial charge >= 0.3 is 0 Å². The molecule has 1 amide bonds. The van der Waals surface area contributed by atoms with Crippen LogP contribution in [0, 0.1) is 5.92 Å². The first kappa shape index (κ1) is 9.00. The second-order valence-corrected chi connectivity index (χ2v) is 2.77. The number of amides is 1. The van der Waals surface area contributed by atoms with Crippen molar-refractivity contribution < 1.29 is 4.79 Å². The van der Waals surface area contributed by atoms with Crippen LogP contribution < -0.4 is 5.43 Å². The van der Waals surface area contributed by atoms with Gasteiger partial charge < -0.3 is 0 Å². The molecule has 0 bridgehead atoms. The van der Waals surface area contributed by atoms with Gasteiger partial charge in [-0.2, -0.15) is 0 Å². The van der Waals surface area contributed by atoms with Gasteiger partial charge in [0.2, 0.25) is 5.91 Å². The molecule has 0 radical (unpaired) electrons. The van der Waals surface area contributed by atoms with Crippen LogP contribution in [0.3, 0.4) is 0 Å². The molecule has 0 spiro atoms. The first-order valence-corrected chi connectivity index (χ1v) is 4.08. The van der Waals surface area contributed by atoms with E-state index in [4.69, 9.17) is 0 Å². The first-order chi connectivity index (χ1) is 5.79. The van der Waals surface area contributed by atoms with Crippen molar-refractivity contribution in [1.82, 2.24) is 10.4 Å². The third-order valence-corrected chi connectivity index (χ3v) is 1.96. The topological polar surface area (TPSA) is 32.3 Å². The maximum absolute atomic E-state index is 11.4. The van der Waals surface area contributed by atoms with Crippen LogP contribution in [0.15, 0.2) is 25.3 Å². The van der Waals surface area contributed by atoms with Crippen molar-refractivity contribution in [3.63, 3.8) is 0 Å². The van der Waals surface area contributed by atoms with Gasteiger partial charge in [0.05, 0.1) is 5.92 Å². The summed E-state index contributed by atoms with van der Waals surface area (Å²) in [6, 6.07) is 0. The maximum atomic E-state index is 11.4. The van der Waals surface area contributed by atoms with Crippen LogP contribution in [0.4, 0.5) is 0 Å². The fourth-order valence-corrected chi connectivity index (χ4v) is 1.25. The lowest BCUT2D eigenvalue weighted by molar-refractivity contribution is -0.132. The Labute approximate surface area is 72.7 Å². The van der Waals surface area contributed by atoms with Gasteiger partial charge in [0.1, 0.15) is 0 Å². The Kier molecular flexibility index (Phi) is 3.05. The highest BCUT2D eigenvalue weighted by Gasteiger charge is 2.28. The largest absolute Gasteiger partial charge is 0.277 e. The predicted octanol–water partition coefficient (Wildman–Crippen LogP) is 0.712. The van der Waals surface area contributed by atoms with E-state index in [-0.39, 0.29) is 11.8 Å². The average Bonchev–Trinajstić information content (AvgIpc) is 2.43. The zero-order chi connectivity index (χ0) is 8.97. The van der Waals surface area contributed by atoms with E-state index in [2.05, 4.69) is 18.6 Å². The quantitative estimate of drug-likeness (QED) is 0.624. The average molecular weight is 166 g/mol. The molecule has 1 saturated heterocycles. The molecule has 0 saturated carbocycles. The minimum Gasteiger partial charge on any atom is -0.277 e. The summed E-state index contributed by atoms with van der Waals surface area (Å²) in [7, 11) is 0. The highest BCUT2D eigenvalue weighted by molar-refractivity contribution is 5.81. The summed E-state index contributed by atoms with van der Waals surface area (Å²) in [4.78, 5) is 11.4. The molecule has 1 unspecified atom stereocenters. The third-order valence-electron chi connectivity index (χ3n) is 1.96. The van der Waals surface area contributed by atoms with Gasteiger partial charge in [-0.15, -0.1) is 13.2 Å². The molecule has 1 aliphatic rings. The predicted molar refractivity (Wildman–Crippen MR) is 48.2 cm³/mol. The molecule has 12 heavy (non-hydrogen) atoms. The zero-order valence-electron chi connectivity index (χ0n) is 7.12. The van der Waals surface area contributed by atoms with E-state index in [0.29, 0.717) is 6.54 Å². The molecule has 1 aliphatic heterocycles. The van der Waals surface area contributed by atoms with Crippen LogP contribution in [0.2, 0.25) is 0 Å². The van der Waals surface area contributed by atoms with E-state index >= 15 is 0 Å². The molecule has 1 atom stereocenters. The number of carbonyl (C=O) groups excluding carboxylic acids is 1. The number of rotatable bonds is 4. The first-order valence-electron chi connectivity index (χ1n) is 4.08. The number of hydrogen-bond donors (Lipinski definition) is 1.